The van der Waals surface area contributed by atoms with Gasteiger partial charge in [0.05, 0.1) is 11.3 Å². The van der Waals surface area contributed by atoms with E-state index in [4.69, 9.17) is 4.52 Å². The average molecular weight is 463 g/mol. The molecule has 2 aliphatic carbocycles. The van der Waals surface area contributed by atoms with Gasteiger partial charge in [-0.25, -0.2) is 0 Å². The maximum Gasteiger partial charge on any atom is 0.147 e. The zero-order valence-corrected chi connectivity index (χ0v) is 20.4. The molecule has 2 fully saturated rings. The number of aryl methyl sites for hydroxylation is 2. The van der Waals surface area contributed by atoms with Gasteiger partial charge in [0.2, 0.25) is 0 Å². The lowest BCUT2D eigenvalue weighted by molar-refractivity contribution is 0.277. The number of allylic oxidation sites excluding steroid dienone is 2. The van der Waals surface area contributed by atoms with Gasteiger partial charge in [-0.15, -0.1) is 0 Å². The quantitative estimate of drug-likeness (QED) is 0.332. The van der Waals surface area contributed by atoms with Gasteiger partial charge in [-0.1, -0.05) is 23.4 Å². The van der Waals surface area contributed by atoms with Crippen molar-refractivity contribution in [3.63, 3.8) is 0 Å². The molecule has 0 radical (unpaired) electrons. The van der Waals surface area contributed by atoms with E-state index in [0.29, 0.717) is 11.3 Å². The Hall–Kier alpha value is -3.47. The van der Waals surface area contributed by atoms with Crippen molar-refractivity contribution in [2.24, 2.45) is 5.41 Å². The molecular formula is C30H30N4O. The van der Waals surface area contributed by atoms with Crippen molar-refractivity contribution in [1.82, 2.24) is 15.1 Å². The molecule has 0 N–H and O–H groups in total. The molecule has 176 valence electrons. The summed E-state index contributed by atoms with van der Waals surface area (Å²) in [7, 11) is 0. The number of rotatable bonds is 4. The van der Waals surface area contributed by atoms with E-state index < -0.39 is 0 Å². The Morgan fingerprint density at radius 3 is 2.57 bits per heavy atom. The van der Waals surface area contributed by atoms with Crippen LogP contribution in [0.1, 0.15) is 60.6 Å². The number of fused-ring (bicyclic) bond motifs is 1. The fraction of sp³-hybridized carbons (Fsp3) is 0.367. The summed E-state index contributed by atoms with van der Waals surface area (Å²) >= 11 is 0. The Kier molecular flexibility index (Phi) is 4.63. The second kappa shape index (κ2) is 7.77. The summed E-state index contributed by atoms with van der Waals surface area (Å²) in [6, 6.07) is 13.0. The van der Waals surface area contributed by atoms with Crippen molar-refractivity contribution in [2.45, 2.75) is 51.9 Å². The number of benzene rings is 1. The first-order valence-electron chi connectivity index (χ1n) is 12.8. The summed E-state index contributed by atoms with van der Waals surface area (Å²) in [6.07, 6.45) is 12.3. The number of anilines is 1. The first-order chi connectivity index (χ1) is 17.1. The molecule has 1 spiro atoms. The summed E-state index contributed by atoms with van der Waals surface area (Å²) in [5.41, 5.74) is 8.36. The summed E-state index contributed by atoms with van der Waals surface area (Å²) in [4.78, 5) is 11.7. The lowest BCUT2D eigenvalue weighted by atomic mass is 9.63. The van der Waals surface area contributed by atoms with Crippen molar-refractivity contribution in [3.05, 3.63) is 77.4 Å². The Bertz CT molecular complexity index is 1470. The molecule has 1 saturated carbocycles. The highest BCUT2D eigenvalue weighted by Crippen LogP contribution is 2.55. The normalized spacial score (nSPS) is 19.1. The Morgan fingerprint density at radius 1 is 0.971 bits per heavy atom. The number of hydrogen-bond donors (Lipinski definition) is 0. The molecule has 1 saturated heterocycles. The molecule has 0 unspecified atom stereocenters. The molecule has 0 bridgehead atoms. The van der Waals surface area contributed by atoms with Crippen LogP contribution in [-0.2, 0) is 0 Å². The van der Waals surface area contributed by atoms with Gasteiger partial charge in [-0.2, -0.15) is 0 Å². The monoisotopic (exact) mass is 462 g/mol. The minimum absolute atomic E-state index is 0.301. The van der Waals surface area contributed by atoms with Crippen LogP contribution in [0.25, 0.3) is 27.7 Å². The molecule has 5 nitrogen and oxygen atoms in total. The number of hydrogen-bond acceptors (Lipinski definition) is 5. The molecule has 3 aliphatic rings. The van der Waals surface area contributed by atoms with Crippen LogP contribution in [0.4, 0.5) is 5.69 Å². The molecule has 0 atom stereocenters. The molecule has 7 rings (SSSR count). The minimum Gasteiger partial charge on any atom is -0.371 e. The third-order valence-electron chi connectivity index (χ3n) is 8.21. The van der Waals surface area contributed by atoms with Crippen LogP contribution in [0.2, 0.25) is 0 Å². The largest absolute Gasteiger partial charge is 0.371 e. The van der Waals surface area contributed by atoms with Gasteiger partial charge in [-0.05, 0) is 92.2 Å². The number of piperidine rings is 1. The van der Waals surface area contributed by atoms with E-state index >= 15 is 0 Å². The van der Waals surface area contributed by atoms with Crippen molar-refractivity contribution < 1.29 is 4.52 Å². The standard InChI is InChI=1S/C30H30N4O/c1-19-4-3-11-31-27(19)28-26(29(35-33-28)21-5-6-21)24-16-30(17-24)9-12-34(13-10-30)25-8-7-22-14-20(2)32-18-23(22)15-25/h3-4,7-8,11,14-16,18,21H,5-6,9-10,12-13,17H2,1-2H3. The van der Waals surface area contributed by atoms with Crippen molar-refractivity contribution in [3.8, 4) is 11.4 Å². The smallest absolute Gasteiger partial charge is 0.147 e. The average Bonchev–Trinajstić information content (AvgIpc) is 3.61. The van der Waals surface area contributed by atoms with Crippen molar-refractivity contribution in [1.29, 1.82) is 0 Å². The van der Waals surface area contributed by atoms with Gasteiger partial charge in [-0.3, -0.25) is 9.97 Å². The number of pyridine rings is 2. The molecular weight excluding hydrogens is 432 g/mol. The van der Waals surface area contributed by atoms with Gasteiger partial charge in [0, 0.05) is 48.2 Å². The lowest BCUT2D eigenvalue weighted by Crippen LogP contribution is -2.42. The molecule has 4 aromatic rings. The van der Waals surface area contributed by atoms with Crippen molar-refractivity contribution in [2.75, 3.05) is 18.0 Å². The van der Waals surface area contributed by atoms with Crippen LogP contribution >= 0.6 is 0 Å². The van der Waals surface area contributed by atoms with E-state index in [1.54, 1.807) is 0 Å². The lowest BCUT2D eigenvalue weighted by Gasteiger charge is -2.47. The second-order valence-electron chi connectivity index (χ2n) is 10.8. The van der Waals surface area contributed by atoms with Crippen LogP contribution in [0.15, 0.2) is 59.4 Å². The van der Waals surface area contributed by atoms with Gasteiger partial charge in [0.1, 0.15) is 11.5 Å². The van der Waals surface area contributed by atoms with Crippen LogP contribution < -0.4 is 4.90 Å². The summed E-state index contributed by atoms with van der Waals surface area (Å²) in [6.45, 7) is 6.32. The topological polar surface area (TPSA) is 55.1 Å². The van der Waals surface area contributed by atoms with E-state index in [1.165, 1.54) is 53.3 Å². The molecule has 35 heavy (non-hydrogen) atoms. The summed E-state index contributed by atoms with van der Waals surface area (Å²) < 4.78 is 5.93. The van der Waals surface area contributed by atoms with Crippen molar-refractivity contribution >= 4 is 22.0 Å². The highest BCUT2D eigenvalue weighted by atomic mass is 16.5. The van der Waals surface area contributed by atoms with Crippen LogP contribution in [0.5, 0.6) is 0 Å². The predicted octanol–water partition coefficient (Wildman–Crippen LogP) is 6.85. The first kappa shape index (κ1) is 20.9. The number of aromatic nitrogens is 3. The molecule has 1 aliphatic heterocycles. The summed E-state index contributed by atoms with van der Waals surface area (Å²) in [5.74, 6) is 1.62. The Labute approximate surface area is 205 Å². The zero-order valence-electron chi connectivity index (χ0n) is 20.4. The highest BCUT2D eigenvalue weighted by Gasteiger charge is 2.44. The van der Waals surface area contributed by atoms with E-state index in [0.717, 1.165) is 47.9 Å². The maximum absolute atomic E-state index is 5.93. The molecule has 4 heterocycles. The van der Waals surface area contributed by atoms with Crippen LogP contribution in [0, 0.1) is 19.3 Å². The first-order valence-corrected chi connectivity index (χ1v) is 12.8. The second-order valence-corrected chi connectivity index (χ2v) is 10.8. The molecule has 5 heteroatoms. The van der Waals surface area contributed by atoms with Gasteiger partial charge in [0.25, 0.3) is 0 Å². The van der Waals surface area contributed by atoms with E-state index in [2.05, 4.69) is 63.4 Å². The van der Waals surface area contributed by atoms with E-state index in [1.807, 2.05) is 25.4 Å². The van der Waals surface area contributed by atoms with Gasteiger partial charge >= 0.3 is 0 Å². The van der Waals surface area contributed by atoms with Crippen LogP contribution in [0.3, 0.4) is 0 Å². The Balaban J connectivity index is 1.14. The van der Waals surface area contributed by atoms with Crippen LogP contribution in [-0.4, -0.2) is 28.2 Å². The molecule has 0 amide bonds. The third kappa shape index (κ3) is 3.56. The highest BCUT2D eigenvalue weighted by molar-refractivity contribution is 5.86. The summed E-state index contributed by atoms with van der Waals surface area (Å²) in [5, 5.41) is 7.02. The van der Waals surface area contributed by atoms with E-state index in [9.17, 15) is 0 Å². The van der Waals surface area contributed by atoms with E-state index in [-0.39, 0.29) is 0 Å². The maximum atomic E-state index is 5.93. The van der Waals surface area contributed by atoms with Gasteiger partial charge < -0.3 is 9.42 Å². The molecule has 1 aromatic carbocycles. The zero-order chi connectivity index (χ0) is 23.6. The predicted molar refractivity (Wildman–Crippen MR) is 139 cm³/mol. The third-order valence-corrected chi connectivity index (χ3v) is 8.21. The molecule has 3 aromatic heterocycles. The SMILES string of the molecule is Cc1cc2ccc(N3CCC4(C=C(c5c(-c6ncccc6C)noc5C5CC5)C4)CC3)cc2cn1. The Morgan fingerprint density at radius 2 is 1.80 bits per heavy atom. The fourth-order valence-electron chi connectivity index (χ4n) is 5.98. The van der Waals surface area contributed by atoms with Gasteiger partial charge in [0.15, 0.2) is 0 Å². The number of nitrogens with zero attached hydrogens (tertiary/aromatic N) is 4. The minimum atomic E-state index is 0.301. The fourth-order valence-corrected chi connectivity index (χ4v) is 5.98.